The van der Waals surface area contributed by atoms with Gasteiger partial charge in [0.15, 0.2) is 5.67 Å². The van der Waals surface area contributed by atoms with Gasteiger partial charge in [-0.3, -0.25) is 4.57 Å². The third-order valence-electron chi connectivity index (χ3n) is 5.08. The number of hydrogen-bond donors (Lipinski definition) is 2. The van der Waals surface area contributed by atoms with Crippen molar-refractivity contribution >= 4 is 7.60 Å². The molecule has 0 heterocycles. The Hall–Kier alpha value is -1.62. The van der Waals surface area contributed by atoms with Gasteiger partial charge in [-0.1, -0.05) is 42.8 Å². The Labute approximate surface area is 143 Å². The van der Waals surface area contributed by atoms with E-state index in [1.54, 1.807) is 0 Å². The topological polar surface area (TPSA) is 57.5 Å². The van der Waals surface area contributed by atoms with Crippen LogP contribution in [0, 0.1) is 11.6 Å². The van der Waals surface area contributed by atoms with Crippen molar-refractivity contribution in [3.8, 4) is 0 Å². The van der Waals surface area contributed by atoms with Crippen molar-refractivity contribution in [2.45, 2.75) is 36.5 Å². The van der Waals surface area contributed by atoms with Gasteiger partial charge >= 0.3 is 7.60 Å². The molecular formula is C18H18F3O3P. The van der Waals surface area contributed by atoms with Gasteiger partial charge in [0.25, 0.3) is 0 Å². The van der Waals surface area contributed by atoms with E-state index >= 15 is 4.39 Å². The lowest BCUT2D eigenvalue weighted by Gasteiger charge is -2.49. The molecule has 0 amide bonds. The van der Waals surface area contributed by atoms with Crippen molar-refractivity contribution in [2.75, 3.05) is 0 Å². The SMILES string of the molecule is O=P(O)(O)C1(c2ccccc2F)CCCCC1(F)c1ccccc1F. The molecule has 25 heavy (non-hydrogen) atoms. The van der Waals surface area contributed by atoms with E-state index in [-0.39, 0.29) is 12.8 Å². The van der Waals surface area contributed by atoms with Gasteiger partial charge < -0.3 is 9.79 Å². The van der Waals surface area contributed by atoms with Crippen LogP contribution in [-0.2, 0) is 15.4 Å². The molecule has 2 aromatic rings. The summed E-state index contributed by atoms with van der Waals surface area (Å²) < 4.78 is 57.8. The lowest BCUT2D eigenvalue weighted by molar-refractivity contribution is 0.0304. The second kappa shape index (κ2) is 6.27. The zero-order valence-corrected chi connectivity index (χ0v) is 14.2. The molecule has 3 rings (SSSR count). The fraction of sp³-hybridized carbons (Fsp3) is 0.333. The molecule has 0 radical (unpaired) electrons. The number of rotatable bonds is 3. The van der Waals surface area contributed by atoms with E-state index in [1.165, 1.54) is 36.4 Å². The maximum atomic E-state index is 16.3. The number of benzene rings is 2. The average Bonchev–Trinajstić information content (AvgIpc) is 2.55. The van der Waals surface area contributed by atoms with Crippen LogP contribution in [0.4, 0.5) is 13.2 Å². The van der Waals surface area contributed by atoms with Crippen molar-refractivity contribution in [1.29, 1.82) is 0 Å². The molecule has 0 bridgehead atoms. The summed E-state index contributed by atoms with van der Waals surface area (Å²) in [5.41, 5.74) is -3.58. The van der Waals surface area contributed by atoms with Crippen molar-refractivity contribution in [3.63, 3.8) is 0 Å². The van der Waals surface area contributed by atoms with Crippen LogP contribution in [0.1, 0.15) is 36.8 Å². The van der Waals surface area contributed by atoms with Crippen molar-refractivity contribution < 1.29 is 27.5 Å². The zero-order chi connectivity index (χ0) is 18.3. The van der Waals surface area contributed by atoms with Gasteiger partial charge in [-0.25, -0.2) is 13.2 Å². The lowest BCUT2D eigenvalue weighted by Crippen LogP contribution is -2.49. The molecule has 0 aromatic heterocycles. The normalized spacial score (nSPS) is 27.2. The van der Waals surface area contributed by atoms with E-state index in [0.717, 1.165) is 12.1 Å². The van der Waals surface area contributed by atoms with Crippen molar-refractivity contribution in [3.05, 3.63) is 71.3 Å². The molecule has 7 heteroatoms. The molecule has 3 nitrogen and oxygen atoms in total. The fourth-order valence-electron chi connectivity index (χ4n) is 3.97. The molecule has 0 aliphatic heterocycles. The number of alkyl halides is 1. The quantitative estimate of drug-likeness (QED) is 0.765. The molecule has 2 atom stereocenters. The average molecular weight is 370 g/mol. The van der Waals surface area contributed by atoms with Crippen LogP contribution >= 0.6 is 7.60 Å². The van der Waals surface area contributed by atoms with Crippen molar-refractivity contribution in [2.24, 2.45) is 0 Å². The Balaban J connectivity index is 2.38. The summed E-state index contributed by atoms with van der Waals surface area (Å²) in [4.78, 5) is 20.3. The molecule has 2 aromatic carbocycles. The molecule has 1 saturated carbocycles. The predicted octanol–water partition coefficient (Wildman–Crippen LogP) is 4.78. The van der Waals surface area contributed by atoms with Crippen LogP contribution in [0.15, 0.2) is 48.5 Å². The van der Waals surface area contributed by atoms with E-state index in [2.05, 4.69) is 0 Å². The first-order chi connectivity index (χ1) is 11.7. The first-order valence-electron chi connectivity index (χ1n) is 7.98. The summed E-state index contributed by atoms with van der Waals surface area (Å²) in [6.07, 6.45) is 0.0526. The molecule has 1 aliphatic rings. The standard InChI is InChI=1S/C18H18F3O3P/c19-15-9-3-1-7-13(15)17(21)11-5-6-12-18(17,25(22,23)24)14-8-2-4-10-16(14)20/h1-4,7-10H,5-6,11-12H2,(H2,22,23,24). The predicted molar refractivity (Wildman–Crippen MR) is 87.8 cm³/mol. The Bertz CT molecular complexity index is 838. The van der Waals surface area contributed by atoms with E-state index in [9.17, 15) is 23.1 Å². The van der Waals surface area contributed by atoms with Gasteiger partial charge in [-0.15, -0.1) is 0 Å². The van der Waals surface area contributed by atoms with E-state index in [0.29, 0.717) is 12.8 Å². The molecule has 1 fully saturated rings. The monoisotopic (exact) mass is 370 g/mol. The Morgan fingerprint density at radius 2 is 1.32 bits per heavy atom. The summed E-state index contributed by atoms with van der Waals surface area (Å²) in [5.74, 6) is -1.81. The summed E-state index contributed by atoms with van der Waals surface area (Å²) in [6, 6.07) is 9.94. The molecule has 0 spiro atoms. The maximum Gasteiger partial charge on any atom is 0.339 e. The van der Waals surface area contributed by atoms with Crippen LogP contribution in [-0.4, -0.2) is 9.79 Å². The molecule has 134 valence electrons. The molecular weight excluding hydrogens is 352 g/mol. The van der Waals surface area contributed by atoms with Gasteiger partial charge in [0, 0.05) is 11.1 Å². The number of hydrogen-bond acceptors (Lipinski definition) is 1. The van der Waals surface area contributed by atoms with Crippen LogP contribution < -0.4 is 0 Å². The molecule has 1 aliphatic carbocycles. The van der Waals surface area contributed by atoms with Crippen LogP contribution in [0.25, 0.3) is 0 Å². The largest absolute Gasteiger partial charge is 0.339 e. The van der Waals surface area contributed by atoms with Crippen LogP contribution in [0.5, 0.6) is 0 Å². The fourth-order valence-corrected chi connectivity index (χ4v) is 5.61. The van der Waals surface area contributed by atoms with E-state index in [1.807, 2.05) is 0 Å². The highest BCUT2D eigenvalue weighted by molar-refractivity contribution is 7.53. The molecule has 2 N–H and O–H groups in total. The van der Waals surface area contributed by atoms with Gasteiger partial charge in [-0.2, -0.15) is 0 Å². The molecule has 0 saturated heterocycles. The van der Waals surface area contributed by atoms with Gasteiger partial charge in [0.05, 0.1) is 0 Å². The lowest BCUT2D eigenvalue weighted by atomic mass is 9.68. The first-order valence-corrected chi connectivity index (χ1v) is 9.60. The zero-order valence-electron chi connectivity index (χ0n) is 13.3. The van der Waals surface area contributed by atoms with Crippen molar-refractivity contribution in [1.82, 2.24) is 0 Å². The van der Waals surface area contributed by atoms with Gasteiger partial charge in [0.2, 0.25) is 0 Å². The smallest absolute Gasteiger partial charge is 0.324 e. The Morgan fingerprint density at radius 3 is 1.84 bits per heavy atom. The third kappa shape index (κ3) is 2.64. The number of halogens is 3. The summed E-state index contributed by atoms with van der Waals surface area (Å²) in [7, 11) is -5.21. The minimum Gasteiger partial charge on any atom is -0.324 e. The summed E-state index contributed by atoms with van der Waals surface area (Å²) >= 11 is 0. The highest BCUT2D eigenvalue weighted by Crippen LogP contribution is 2.71. The second-order valence-corrected chi connectivity index (χ2v) is 8.22. The van der Waals surface area contributed by atoms with Gasteiger partial charge in [0.1, 0.15) is 16.8 Å². The second-order valence-electron chi connectivity index (χ2n) is 6.37. The maximum absolute atomic E-state index is 16.3. The highest BCUT2D eigenvalue weighted by Gasteiger charge is 2.66. The molecule has 2 unspecified atom stereocenters. The van der Waals surface area contributed by atoms with Crippen LogP contribution in [0.3, 0.4) is 0 Å². The van der Waals surface area contributed by atoms with Crippen LogP contribution in [0.2, 0.25) is 0 Å². The minimum atomic E-state index is -5.21. The Kier molecular flexibility index (Phi) is 4.56. The highest BCUT2D eigenvalue weighted by atomic mass is 31.2. The minimum absolute atomic E-state index is 0.275. The van der Waals surface area contributed by atoms with Gasteiger partial charge in [-0.05, 0) is 31.4 Å². The van der Waals surface area contributed by atoms with E-state index in [4.69, 9.17) is 0 Å². The summed E-state index contributed by atoms with van der Waals surface area (Å²) in [5, 5.41) is -2.47. The van der Waals surface area contributed by atoms with E-state index < -0.39 is 41.2 Å². The first kappa shape index (κ1) is 18.2. The summed E-state index contributed by atoms with van der Waals surface area (Å²) in [6.45, 7) is 0. The Morgan fingerprint density at radius 1 is 0.840 bits per heavy atom. The third-order valence-corrected chi connectivity index (χ3v) is 6.90.